The molecule has 82 N–H and O–H groups in total. The predicted molar refractivity (Wildman–Crippen MR) is 188 cm³/mol. The maximum absolute atomic E-state index is 0. The van der Waals surface area contributed by atoms with E-state index in [0.29, 0.717) is 0 Å². The zero-order valence-electron chi connectivity index (χ0n) is 31.2. The summed E-state index contributed by atoms with van der Waals surface area (Å²) >= 11 is 0. The van der Waals surface area contributed by atoms with Crippen LogP contribution in [0.25, 0.3) is 0 Å². The van der Waals surface area contributed by atoms with Crippen LogP contribution in [0.2, 0.25) is 0 Å². The first-order chi connectivity index (χ1) is 0. The van der Waals surface area contributed by atoms with E-state index in [2.05, 4.69) is 0 Å². The van der Waals surface area contributed by atoms with E-state index in [1.165, 1.54) is 0 Å². The fourth-order valence-corrected chi connectivity index (χ4v) is 0. The Morgan fingerprint density at radius 2 is 0.0847 bits per heavy atom. The Hall–Kier alpha value is 15.3. The van der Waals surface area contributed by atoms with Crippen molar-refractivity contribution >= 4 is 267 Å². The van der Waals surface area contributed by atoms with Crippen LogP contribution >= 0.6 is 9.90 Å². The SMILES string of the molecule is O.O.O.O.O.O.O.O.O.O.O.O.O.O.O.O.O.O.O.O.O.O.O.O.O.O.O.O.O.O.O.O.O.O.O.O.O.O.O.O.O.P.[K].[K].[K].[K].[K].[Ti].[W].[W].[W].[W].[W].[W].[W].[W].[W].[W].[W]. The molecule has 411 valence electrons. The molecule has 0 bridgehead atoms. The van der Waals surface area contributed by atoms with Gasteiger partial charge in [-0.15, -0.1) is 0 Å². The maximum Gasteiger partial charge on any atom is 0 e. The van der Waals surface area contributed by atoms with Gasteiger partial charge in [0.2, 0.25) is 0 Å². The van der Waals surface area contributed by atoms with Crippen molar-refractivity contribution < 1.29 is 478 Å². The Morgan fingerprint density at radius 3 is 0.0847 bits per heavy atom. The van der Waals surface area contributed by atoms with Gasteiger partial charge in [0.25, 0.3) is 0 Å². The van der Waals surface area contributed by atoms with Gasteiger partial charge in [-0.3, -0.25) is 0 Å². The van der Waals surface area contributed by atoms with Gasteiger partial charge in [0.1, 0.15) is 0 Å². The second-order valence-electron chi connectivity index (χ2n) is 0. The molecule has 5 radical (unpaired) electrons. The smallest absolute Gasteiger partial charge is 0 e. The predicted octanol–water partition coefficient (Wildman–Crippen LogP) is -35.7. The van der Waals surface area contributed by atoms with Crippen LogP contribution in [0.1, 0.15) is 0 Å². The Morgan fingerprint density at radius 1 is 0.0847 bits per heavy atom. The van der Waals surface area contributed by atoms with Crippen LogP contribution < -0.4 is 0 Å². The van der Waals surface area contributed by atoms with Crippen molar-refractivity contribution in [1.82, 2.24) is 0 Å². The fraction of sp³-hybridized carbons (Fsp3) is 0. The van der Waals surface area contributed by atoms with Gasteiger partial charge in [-0.2, -0.15) is 9.90 Å². The van der Waals surface area contributed by atoms with Crippen LogP contribution in [0.3, 0.4) is 0 Å². The quantitative estimate of drug-likeness (QED) is 0.161. The third kappa shape index (κ3) is 1600. The van der Waals surface area contributed by atoms with Crippen LogP contribution in [0, 0.1) is 0 Å². The molecular weight excluding hydrogens is 2950 g/mol. The van der Waals surface area contributed by atoms with E-state index in [1.54, 1.807) is 0 Å². The summed E-state index contributed by atoms with van der Waals surface area (Å²) in [5.74, 6) is 0. The molecular formula is H85K5O41PTiW11. The van der Waals surface area contributed by atoms with Gasteiger partial charge in [0.15, 0.2) is 0 Å². The monoisotopic (exact) mass is 3040 g/mol. The molecule has 0 saturated heterocycles. The van der Waals surface area contributed by atoms with E-state index in [4.69, 9.17) is 0 Å². The number of hydrogen-bond donors (Lipinski definition) is 0. The summed E-state index contributed by atoms with van der Waals surface area (Å²) in [5, 5.41) is 0. The molecule has 59 heteroatoms. The first kappa shape index (κ1) is 1710. The van der Waals surface area contributed by atoms with Gasteiger partial charge in [-0.05, 0) is 0 Å². The number of hydrogen-bond acceptors (Lipinski definition) is 0. The Labute approximate surface area is 726 Å². The maximum atomic E-state index is 0. The summed E-state index contributed by atoms with van der Waals surface area (Å²) in [6, 6.07) is 0. The average molecular weight is 3040 g/mol. The number of rotatable bonds is 0. The van der Waals surface area contributed by atoms with Crippen molar-refractivity contribution in [3.05, 3.63) is 0 Å². The summed E-state index contributed by atoms with van der Waals surface area (Å²) in [6.45, 7) is 0. The van der Waals surface area contributed by atoms with Crippen LogP contribution in [-0.2, 0) is 253 Å². The molecule has 59 heavy (non-hydrogen) atoms. The van der Waals surface area contributed by atoms with Crippen molar-refractivity contribution in [2.24, 2.45) is 0 Å². The molecule has 41 nitrogen and oxygen atoms in total. The third-order valence-electron chi connectivity index (χ3n) is 0. The van der Waals surface area contributed by atoms with Crippen LogP contribution in [0.4, 0.5) is 0 Å². The largest absolute Gasteiger partial charge is 0.412 e. The summed E-state index contributed by atoms with van der Waals surface area (Å²) in [7, 11) is 0. The molecule has 0 saturated carbocycles. The molecule has 1 unspecified atom stereocenters. The van der Waals surface area contributed by atoms with E-state index >= 15 is 0 Å². The molecule has 1 atom stereocenters. The Bertz CT molecular complexity index is 77.8. The molecule has 0 heterocycles. The minimum Gasteiger partial charge on any atom is -0.412 e. The Kier molecular flexibility index (Phi) is 47700. The first-order valence-corrected chi connectivity index (χ1v) is 0. The standard InChI is InChI=1S/5K.41H2O.H3P.Ti.11W/h;;;;;41*1H2;1H3;;;;;;;;;;;;. The normalized spacial score (nSPS) is 0. The van der Waals surface area contributed by atoms with Gasteiger partial charge in [0, 0.05) is 510 Å². The second-order valence-corrected chi connectivity index (χ2v) is 0. The van der Waals surface area contributed by atoms with Crippen molar-refractivity contribution in [3.63, 3.8) is 0 Å². The van der Waals surface area contributed by atoms with Gasteiger partial charge in [0.05, 0.1) is 0 Å². The van der Waals surface area contributed by atoms with E-state index < -0.39 is 0 Å². The summed E-state index contributed by atoms with van der Waals surface area (Å²) in [6.07, 6.45) is 0. The van der Waals surface area contributed by atoms with Gasteiger partial charge >= 0.3 is 0 Å². The zero-order valence-corrected chi connectivity index (χ0v) is 82.1. The van der Waals surface area contributed by atoms with Crippen molar-refractivity contribution in [2.45, 2.75) is 0 Å². The third-order valence-corrected chi connectivity index (χ3v) is 0. The summed E-state index contributed by atoms with van der Waals surface area (Å²) in [4.78, 5) is 0. The van der Waals surface area contributed by atoms with E-state index in [-0.39, 0.29) is 745 Å². The van der Waals surface area contributed by atoms with Crippen LogP contribution in [-0.4, -0.2) is 481 Å². The molecule has 0 amide bonds. The molecule has 0 rings (SSSR count). The van der Waals surface area contributed by atoms with Crippen molar-refractivity contribution in [2.75, 3.05) is 0 Å². The first-order valence-electron chi connectivity index (χ1n) is 0. The Balaban J connectivity index is 0. The minimum atomic E-state index is 0. The van der Waals surface area contributed by atoms with Crippen molar-refractivity contribution in [1.29, 1.82) is 0 Å². The van der Waals surface area contributed by atoms with Crippen LogP contribution in [0.5, 0.6) is 0 Å². The zero-order chi connectivity index (χ0) is 0. The van der Waals surface area contributed by atoms with Crippen molar-refractivity contribution in [3.8, 4) is 0 Å². The topological polar surface area (TPSA) is 1290 Å². The molecule has 0 aliphatic carbocycles. The molecule has 0 aromatic heterocycles. The summed E-state index contributed by atoms with van der Waals surface area (Å²) < 4.78 is 0. The summed E-state index contributed by atoms with van der Waals surface area (Å²) in [5.41, 5.74) is 0. The second kappa shape index (κ2) is 1640. The van der Waals surface area contributed by atoms with E-state index in [1.807, 2.05) is 0 Å². The average Bonchev–Trinajstić information content (AvgIpc) is 0. The molecule has 0 aliphatic rings. The minimum absolute atomic E-state index is 0. The fourth-order valence-electron chi connectivity index (χ4n) is 0. The molecule has 0 fully saturated rings. The van der Waals surface area contributed by atoms with Gasteiger partial charge < -0.3 is 225 Å². The van der Waals surface area contributed by atoms with Gasteiger partial charge in [-0.1, -0.05) is 0 Å². The molecule has 0 spiro atoms. The molecule has 0 aliphatic heterocycles. The van der Waals surface area contributed by atoms with E-state index in [9.17, 15) is 0 Å². The van der Waals surface area contributed by atoms with Crippen LogP contribution in [0.15, 0.2) is 0 Å². The molecule has 0 aromatic carbocycles. The van der Waals surface area contributed by atoms with Gasteiger partial charge in [-0.25, -0.2) is 0 Å². The van der Waals surface area contributed by atoms with E-state index in [0.717, 1.165) is 0 Å². The molecule has 0 aromatic rings.